The third-order valence-corrected chi connectivity index (χ3v) is 4.36. The van der Waals surface area contributed by atoms with Crippen molar-refractivity contribution in [2.45, 2.75) is 6.54 Å². The van der Waals surface area contributed by atoms with Crippen LogP contribution in [0.1, 0.15) is 10.4 Å². The quantitative estimate of drug-likeness (QED) is 0.811. The Labute approximate surface area is 124 Å². The largest absolute Gasteiger partial charge is 0.369 e. The second-order valence-corrected chi connectivity index (χ2v) is 6.49. The van der Waals surface area contributed by atoms with Crippen molar-refractivity contribution in [1.82, 2.24) is 0 Å². The summed E-state index contributed by atoms with van der Waals surface area (Å²) < 4.78 is 1.73. The van der Waals surface area contributed by atoms with Crippen LogP contribution in [-0.2, 0) is 6.54 Å². The highest BCUT2D eigenvalue weighted by Gasteiger charge is 2.08. The summed E-state index contributed by atoms with van der Waals surface area (Å²) in [5.74, 6) is 0. The fourth-order valence-electron chi connectivity index (χ4n) is 1.64. The predicted octanol–water partition coefficient (Wildman–Crippen LogP) is 4.67. The molecule has 0 fully saturated rings. The van der Waals surface area contributed by atoms with Gasteiger partial charge in [0.05, 0.1) is 28.2 Å². The second kappa shape index (κ2) is 5.75. The molecule has 0 N–H and O–H groups in total. The summed E-state index contributed by atoms with van der Waals surface area (Å²) in [5.41, 5.74) is 1.71. The van der Waals surface area contributed by atoms with E-state index in [2.05, 4.69) is 26.9 Å². The molecule has 0 aliphatic heterocycles. The molecule has 0 aliphatic rings. The number of nitrogens with zero attached hydrogens (tertiary/aromatic N) is 2. The van der Waals surface area contributed by atoms with Crippen LogP contribution in [0.15, 0.2) is 34.8 Å². The van der Waals surface area contributed by atoms with Crippen molar-refractivity contribution in [3.63, 3.8) is 0 Å². The number of benzene rings is 1. The van der Waals surface area contributed by atoms with E-state index in [-0.39, 0.29) is 0 Å². The molecule has 0 spiro atoms. The molecule has 0 amide bonds. The maximum atomic E-state index is 8.83. The summed E-state index contributed by atoms with van der Waals surface area (Å²) in [6, 6.07) is 11.6. The zero-order valence-corrected chi connectivity index (χ0v) is 12.8. The Bertz CT molecular complexity index is 603. The van der Waals surface area contributed by atoms with E-state index in [0.29, 0.717) is 5.56 Å². The van der Waals surface area contributed by atoms with Crippen LogP contribution in [0.4, 0.5) is 5.69 Å². The first kappa shape index (κ1) is 13.4. The van der Waals surface area contributed by atoms with Gasteiger partial charge in [0.2, 0.25) is 0 Å². The topological polar surface area (TPSA) is 27.0 Å². The van der Waals surface area contributed by atoms with Crippen molar-refractivity contribution in [2.75, 3.05) is 11.9 Å². The van der Waals surface area contributed by atoms with E-state index in [0.717, 1.165) is 21.0 Å². The van der Waals surface area contributed by atoms with Crippen molar-refractivity contribution in [2.24, 2.45) is 0 Å². The Morgan fingerprint density at radius 2 is 2.17 bits per heavy atom. The van der Waals surface area contributed by atoms with Gasteiger partial charge in [-0.05, 0) is 46.3 Å². The molecule has 1 aromatic heterocycles. The molecular weight excluding hydrogens is 332 g/mol. The zero-order chi connectivity index (χ0) is 13.1. The number of nitriles is 1. The summed E-state index contributed by atoms with van der Waals surface area (Å²) in [7, 11) is 2.01. The van der Waals surface area contributed by atoms with Crippen LogP contribution < -0.4 is 4.90 Å². The first-order chi connectivity index (χ1) is 8.60. The second-order valence-electron chi connectivity index (χ2n) is 3.84. The predicted molar refractivity (Wildman–Crippen MR) is 80.3 cm³/mol. The Morgan fingerprint density at radius 1 is 1.39 bits per heavy atom. The molecule has 0 bridgehead atoms. The van der Waals surface area contributed by atoms with Gasteiger partial charge in [-0.2, -0.15) is 5.26 Å². The smallest absolute Gasteiger partial charge is 0.0992 e. The normalized spacial score (nSPS) is 10.1. The lowest BCUT2D eigenvalue weighted by molar-refractivity contribution is 0.937. The lowest BCUT2D eigenvalue weighted by atomic mass is 10.2. The molecule has 2 rings (SSSR count). The molecule has 1 heterocycles. The molecule has 5 heteroatoms. The molecule has 1 aromatic carbocycles. The van der Waals surface area contributed by atoms with Gasteiger partial charge in [-0.15, -0.1) is 11.3 Å². The lowest BCUT2D eigenvalue weighted by Gasteiger charge is -2.20. The number of halogens is 2. The SMILES string of the molecule is CN(Cc1ccc(Cl)s1)c1ccc(C#N)cc1Br. The third kappa shape index (κ3) is 3.05. The molecule has 18 heavy (non-hydrogen) atoms. The van der Waals surface area contributed by atoms with Crippen molar-refractivity contribution >= 4 is 44.6 Å². The van der Waals surface area contributed by atoms with Gasteiger partial charge in [0.25, 0.3) is 0 Å². The number of thiophene rings is 1. The maximum Gasteiger partial charge on any atom is 0.0992 e. The van der Waals surface area contributed by atoms with Crippen molar-refractivity contribution in [1.29, 1.82) is 5.26 Å². The highest BCUT2D eigenvalue weighted by molar-refractivity contribution is 9.10. The minimum Gasteiger partial charge on any atom is -0.369 e. The fraction of sp³-hybridized carbons (Fsp3) is 0.154. The highest BCUT2D eigenvalue weighted by atomic mass is 79.9. The Morgan fingerprint density at radius 3 is 2.72 bits per heavy atom. The molecule has 0 atom stereocenters. The fourth-order valence-corrected chi connectivity index (χ4v) is 3.46. The highest BCUT2D eigenvalue weighted by Crippen LogP contribution is 2.29. The zero-order valence-electron chi connectivity index (χ0n) is 9.65. The third-order valence-electron chi connectivity index (χ3n) is 2.51. The van der Waals surface area contributed by atoms with E-state index < -0.39 is 0 Å². The van der Waals surface area contributed by atoms with Gasteiger partial charge >= 0.3 is 0 Å². The summed E-state index contributed by atoms with van der Waals surface area (Å²) in [4.78, 5) is 3.33. The van der Waals surface area contributed by atoms with Crippen LogP contribution in [0.25, 0.3) is 0 Å². The van der Waals surface area contributed by atoms with Gasteiger partial charge in [-0.25, -0.2) is 0 Å². The van der Waals surface area contributed by atoms with Crippen LogP contribution in [0.3, 0.4) is 0 Å². The summed E-state index contributed by atoms with van der Waals surface area (Å²) in [6.07, 6.45) is 0. The molecule has 0 radical (unpaired) electrons. The number of rotatable bonds is 3. The first-order valence-electron chi connectivity index (χ1n) is 5.25. The van der Waals surface area contributed by atoms with Crippen molar-refractivity contribution < 1.29 is 0 Å². The average molecular weight is 342 g/mol. The number of anilines is 1. The minimum atomic E-state index is 0.651. The number of hydrogen-bond acceptors (Lipinski definition) is 3. The summed E-state index contributed by atoms with van der Waals surface area (Å²) >= 11 is 11.0. The Kier molecular flexibility index (Phi) is 4.28. The lowest BCUT2D eigenvalue weighted by Crippen LogP contribution is -2.16. The van der Waals surface area contributed by atoms with E-state index in [1.54, 1.807) is 11.3 Å². The summed E-state index contributed by atoms with van der Waals surface area (Å²) in [6.45, 7) is 0.794. The van der Waals surface area contributed by atoms with Gasteiger partial charge < -0.3 is 4.90 Å². The monoisotopic (exact) mass is 340 g/mol. The summed E-state index contributed by atoms with van der Waals surface area (Å²) in [5, 5.41) is 8.83. The Balaban J connectivity index is 2.19. The van der Waals surface area contributed by atoms with Crippen molar-refractivity contribution in [3.05, 3.63) is 49.6 Å². The molecule has 2 aromatic rings. The van der Waals surface area contributed by atoms with Gasteiger partial charge in [-0.3, -0.25) is 0 Å². The van der Waals surface area contributed by atoms with Gasteiger partial charge in [0, 0.05) is 16.4 Å². The van der Waals surface area contributed by atoms with E-state index in [1.165, 1.54) is 4.88 Å². The van der Waals surface area contributed by atoms with Gasteiger partial charge in [0.15, 0.2) is 0 Å². The minimum absolute atomic E-state index is 0.651. The van der Waals surface area contributed by atoms with Crippen LogP contribution in [0, 0.1) is 11.3 Å². The molecule has 2 nitrogen and oxygen atoms in total. The van der Waals surface area contributed by atoms with Gasteiger partial charge in [-0.1, -0.05) is 11.6 Å². The first-order valence-corrected chi connectivity index (χ1v) is 7.24. The van der Waals surface area contributed by atoms with Crippen LogP contribution in [0.5, 0.6) is 0 Å². The molecular formula is C13H10BrClN2S. The van der Waals surface area contributed by atoms with E-state index in [4.69, 9.17) is 16.9 Å². The van der Waals surface area contributed by atoms with Crippen LogP contribution in [0.2, 0.25) is 4.34 Å². The molecule has 0 aliphatic carbocycles. The van der Waals surface area contributed by atoms with Crippen LogP contribution in [-0.4, -0.2) is 7.05 Å². The Hall–Kier alpha value is -1.02. The molecule has 0 saturated heterocycles. The molecule has 92 valence electrons. The van der Waals surface area contributed by atoms with Crippen LogP contribution >= 0.6 is 38.9 Å². The molecule has 0 unspecified atom stereocenters. The van der Waals surface area contributed by atoms with E-state index in [9.17, 15) is 0 Å². The maximum absolute atomic E-state index is 8.83. The standard InChI is InChI=1S/C13H10BrClN2S/c1-17(8-10-3-5-13(15)18-10)12-4-2-9(7-16)6-11(12)14/h2-6H,8H2,1H3. The average Bonchev–Trinajstić information content (AvgIpc) is 2.74. The van der Waals surface area contributed by atoms with Crippen molar-refractivity contribution in [3.8, 4) is 6.07 Å². The number of hydrogen-bond donors (Lipinski definition) is 0. The van der Waals surface area contributed by atoms with Gasteiger partial charge in [0.1, 0.15) is 0 Å². The van der Waals surface area contributed by atoms with E-state index >= 15 is 0 Å². The van der Waals surface area contributed by atoms with E-state index in [1.807, 2.05) is 37.4 Å². The molecule has 0 saturated carbocycles.